The first-order valence-corrected chi connectivity index (χ1v) is 12.8. The number of fused-ring (bicyclic) bond motifs is 1. The molecular weight excluding hydrogens is 520 g/mol. The number of anilines is 1. The SMILES string of the molecule is C#C[C@]1(COP2OP(=O)(O)OP(=O)(O)O2)O[C@@H](n2cc(F)c3c(N)nc(Cl)nc32)C[C@@H]1O. The van der Waals surface area contributed by atoms with E-state index in [-0.39, 0.29) is 28.6 Å². The van der Waals surface area contributed by atoms with E-state index in [0.717, 1.165) is 6.20 Å². The van der Waals surface area contributed by atoms with Crippen molar-refractivity contribution in [3.05, 3.63) is 17.3 Å². The third-order valence-electron chi connectivity index (χ3n) is 4.42. The zero-order valence-corrected chi connectivity index (χ0v) is 18.9. The highest BCUT2D eigenvalue weighted by molar-refractivity contribution is 7.72. The number of halogens is 2. The Labute approximate surface area is 184 Å². The maximum absolute atomic E-state index is 14.4. The lowest BCUT2D eigenvalue weighted by atomic mass is 9.99. The molecule has 5 N–H and O–H groups in total. The summed E-state index contributed by atoms with van der Waals surface area (Å²) in [6.45, 7) is -0.702. The molecule has 32 heavy (non-hydrogen) atoms. The van der Waals surface area contributed by atoms with Gasteiger partial charge in [-0.3, -0.25) is 0 Å². The molecule has 2 aliphatic heterocycles. The Bertz CT molecular complexity index is 1200. The summed E-state index contributed by atoms with van der Waals surface area (Å²) in [7, 11) is -12.8. The van der Waals surface area contributed by atoms with Crippen molar-refractivity contribution in [2.75, 3.05) is 12.3 Å². The average Bonchev–Trinajstić information content (AvgIpc) is 3.15. The second-order valence-corrected chi connectivity index (χ2v) is 11.4. The molecule has 2 aromatic heterocycles. The Morgan fingerprint density at radius 1 is 1.44 bits per heavy atom. The molecule has 5 atom stereocenters. The topological polar surface area (TPSA) is 198 Å². The summed E-state index contributed by atoms with van der Waals surface area (Å²) in [4.78, 5) is 26.3. The molecule has 2 fully saturated rings. The number of aliphatic hydroxyl groups excluding tert-OH is 1. The molecule has 0 saturated carbocycles. The molecule has 2 saturated heterocycles. The third-order valence-corrected chi connectivity index (χ3v) is 9.30. The molecule has 174 valence electrons. The molecule has 2 unspecified atom stereocenters. The van der Waals surface area contributed by atoms with Gasteiger partial charge in [0.2, 0.25) is 5.28 Å². The highest BCUT2D eigenvalue weighted by Gasteiger charge is 2.52. The van der Waals surface area contributed by atoms with Gasteiger partial charge >= 0.3 is 24.2 Å². The minimum absolute atomic E-state index is 0.0196. The highest BCUT2D eigenvalue weighted by atomic mass is 35.5. The molecule has 0 amide bonds. The lowest BCUT2D eigenvalue weighted by Gasteiger charge is -2.30. The minimum Gasteiger partial charge on any atom is -0.389 e. The quantitative estimate of drug-likeness (QED) is 0.253. The summed E-state index contributed by atoms with van der Waals surface area (Å²) in [6.07, 6.45) is 3.89. The number of phosphoric acid groups is 2. The molecule has 0 radical (unpaired) electrons. The molecular formula is C13H13ClFN4O10P3. The van der Waals surface area contributed by atoms with Crippen molar-refractivity contribution in [2.24, 2.45) is 0 Å². The molecule has 2 aromatic rings. The molecule has 0 spiro atoms. The van der Waals surface area contributed by atoms with Crippen LogP contribution in [0, 0.1) is 18.2 Å². The van der Waals surface area contributed by atoms with Crippen LogP contribution in [0.2, 0.25) is 5.28 Å². The van der Waals surface area contributed by atoms with Crippen LogP contribution in [0.5, 0.6) is 0 Å². The Hall–Kier alpha value is -1.23. The first-order chi connectivity index (χ1) is 14.8. The van der Waals surface area contributed by atoms with Gasteiger partial charge in [0.15, 0.2) is 17.1 Å². The van der Waals surface area contributed by atoms with Gasteiger partial charge in [0, 0.05) is 12.6 Å². The maximum Gasteiger partial charge on any atom is 0.488 e. The van der Waals surface area contributed by atoms with Crippen LogP contribution in [0.4, 0.5) is 10.2 Å². The van der Waals surface area contributed by atoms with Crippen LogP contribution < -0.4 is 5.73 Å². The number of nitrogen functional groups attached to an aromatic ring is 1. The normalized spacial score (nSPS) is 37.6. The van der Waals surface area contributed by atoms with E-state index in [4.69, 9.17) is 33.0 Å². The maximum atomic E-state index is 14.4. The number of nitrogens with two attached hydrogens (primary N) is 1. The molecule has 14 nitrogen and oxygen atoms in total. The summed E-state index contributed by atoms with van der Waals surface area (Å²) in [6, 6.07) is 0. The predicted molar refractivity (Wildman–Crippen MR) is 105 cm³/mol. The van der Waals surface area contributed by atoms with Gasteiger partial charge < -0.3 is 34.5 Å². The molecule has 4 heterocycles. The number of aromatic nitrogens is 3. The summed E-state index contributed by atoms with van der Waals surface area (Å²) in [5, 5.41) is 10.2. The van der Waals surface area contributed by atoms with E-state index >= 15 is 0 Å². The van der Waals surface area contributed by atoms with Gasteiger partial charge in [-0.1, -0.05) is 5.92 Å². The van der Waals surface area contributed by atoms with Gasteiger partial charge in [0.1, 0.15) is 18.1 Å². The predicted octanol–water partition coefficient (Wildman–Crippen LogP) is 1.97. The number of terminal acetylenes is 1. The summed E-state index contributed by atoms with van der Waals surface area (Å²) >= 11 is 5.80. The van der Waals surface area contributed by atoms with Crippen molar-refractivity contribution in [3.8, 4) is 12.3 Å². The Morgan fingerprint density at radius 2 is 2.09 bits per heavy atom. The second-order valence-electron chi connectivity index (χ2n) is 6.50. The molecule has 0 bridgehead atoms. The van der Waals surface area contributed by atoms with Crippen LogP contribution >= 0.6 is 35.8 Å². The Morgan fingerprint density at radius 3 is 2.72 bits per heavy atom. The molecule has 2 aliphatic rings. The van der Waals surface area contributed by atoms with Gasteiger partial charge in [0.25, 0.3) is 0 Å². The van der Waals surface area contributed by atoms with Crippen molar-refractivity contribution in [3.63, 3.8) is 0 Å². The number of hydrogen-bond acceptors (Lipinski definition) is 11. The molecule has 0 aromatic carbocycles. The minimum atomic E-state index is -4.94. The lowest BCUT2D eigenvalue weighted by Crippen LogP contribution is -2.42. The van der Waals surface area contributed by atoms with Crippen LogP contribution in [0.25, 0.3) is 11.0 Å². The summed E-state index contributed by atoms with van der Waals surface area (Å²) < 4.78 is 62.4. The van der Waals surface area contributed by atoms with Crippen molar-refractivity contribution in [1.29, 1.82) is 0 Å². The summed E-state index contributed by atoms with van der Waals surface area (Å²) in [5.74, 6) is 1.22. The number of aliphatic hydroxyl groups is 1. The first kappa shape index (κ1) is 23.9. The average molecular weight is 533 g/mol. The van der Waals surface area contributed by atoms with Gasteiger partial charge in [-0.25, -0.2) is 27.1 Å². The standard InChI is InChI=1S/C13H13ClFN4O10P3/c1-2-13(5-25-30-27-31(21,22)29-32(23,24)28-30)7(20)3-8(26-13)19-4-6(15)9-10(16)17-12(14)18-11(9)19/h1,4,7-8,20H,3,5H2,(H,21,22)(H,23,24)(H2,16,17,18)/t7-,8+,13+/m0/s1. The molecule has 4 rings (SSSR count). The monoisotopic (exact) mass is 532 g/mol. The van der Waals surface area contributed by atoms with Crippen LogP contribution in [0.1, 0.15) is 12.6 Å². The van der Waals surface area contributed by atoms with E-state index in [1.165, 1.54) is 4.57 Å². The van der Waals surface area contributed by atoms with Crippen molar-refractivity contribution in [2.45, 2.75) is 24.4 Å². The van der Waals surface area contributed by atoms with Crippen LogP contribution in [0.3, 0.4) is 0 Å². The van der Waals surface area contributed by atoms with Gasteiger partial charge in [-0.15, -0.1) is 6.42 Å². The fourth-order valence-corrected chi connectivity index (χ4v) is 7.48. The fraction of sp³-hybridized carbons (Fsp3) is 0.385. The second kappa shape index (κ2) is 8.21. The molecule has 19 heteroatoms. The number of nitrogens with zero attached hydrogens (tertiary/aromatic N) is 3. The van der Waals surface area contributed by atoms with E-state index < -0.39 is 54.6 Å². The van der Waals surface area contributed by atoms with Crippen molar-refractivity contribution in [1.82, 2.24) is 14.5 Å². The number of hydrogen-bond donors (Lipinski definition) is 4. The third kappa shape index (κ3) is 4.43. The smallest absolute Gasteiger partial charge is 0.389 e. The van der Waals surface area contributed by atoms with E-state index in [1.807, 2.05) is 0 Å². The van der Waals surface area contributed by atoms with Crippen molar-refractivity contribution < 1.29 is 50.6 Å². The Balaban J connectivity index is 1.58. The van der Waals surface area contributed by atoms with Gasteiger partial charge in [-0.05, 0) is 11.6 Å². The number of ether oxygens (including phenoxy) is 1. The van der Waals surface area contributed by atoms with E-state index in [1.54, 1.807) is 0 Å². The summed E-state index contributed by atoms with van der Waals surface area (Å²) in [5.41, 5.74) is 3.79. The Kier molecular flexibility index (Phi) is 6.14. The van der Waals surface area contributed by atoms with Crippen LogP contribution in [0.15, 0.2) is 6.20 Å². The van der Waals surface area contributed by atoms with Crippen molar-refractivity contribution >= 4 is 52.7 Å². The zero-order chi connectivity index (χ0) is 23.5. The molecule has 0 aliphatic carbocycles. The number of rotatable bonds is 4. The van der Waals surface area contributed by atoms with Gasteiger partial charge in [0.05, 0.1) is 12.0 Å². The highest BCUT2D eigenvalue weighted by Crippen LogP contribution is 2.76. The van der Waals surface area contributed by atoms with Crippen LogP contribution in [-0.2, 0) is 31.3 Å². The zero-order valence-electron chi connectivity index (χ0n) is 15.4. The van der Waals surface area contributed by atoms with Crippen LogP contribution in [-0.4, -0.2) is 47.7 Å². The van der Waals surface area contributed by atoms with E-state index in [0.29, 0.717) is 0 Å². The van der Waals surface area contributed by atoms with E-state index in [9.17, 15) is 28.4 Å². The van der Waals surface area contributed by atoms with Gasteiger partial charge in [-0.2, -0.15) is 9.29 Å². The first-order valence-electron chi connectivity index (χ1n) is 8.37. The lowest BCUT2D eigenvalue weighted by molar-refractivity contribution is -0.0855. The largest absolute Gasteiger partial charge is 0.488 e. The van der Waals surface area contributed by atoms with E-state index in [2.05, 4.69) is 28.8 Å². The fourth-order valence-electron chi connectivity index (χ4n) is 3.08.